The molecule has 1 atom stereocenters. The number of alkyl halides is 3. The molecule has 1 aliphatic carbocycles. The molecule has 4 heterocycles. The van der Waals surface area contributed by atoms with Crippen molar-refractivity contribution in [1.82, 2.24) is 19.6 Å². The third-order valence-corrected chi connectivity index (χ3v) is 13.6. The summed E-state index contributed by atoms with van der Waals surface area (Å²) >= 11 is 0. The molecule has 0 bridgehead atoms. The van der Waals surface area contributed by atoms with Gasteiger partial charge in [0.2, 0.25) is 0 Å². The van der Waals surface area contributed by atoms with E-state index in [2.05, 4.69) is 43.7 Å². The van der Waals surface area contributed by atoms with Crippen molar-refractivity contribution in [2.75, 3.05) is 56.1 Å². The molecule has 338 valence electrons. The zero-order valence-electron chi connectivity index (χ0n) is 35.8. The van der Waals surface area contributed by atoms with Crippen molar-refractivity contribution in [3.63, 3.8) is 0 Å². The number of carbonyl (C=O) groups is 1. The summed E-state index contributed by atoms with van der Waals surface area (Å²) in [5, 5.41) is 15.8. The average Bonchev–Trinajstić information content (AvgIpc) is 3.96. The van der Waals surface area contributed by atoms with E-state index in [4.69, 9.17) is 9.47 Å². The molecule has 1 unspecified atom stereocenters. The van der Waals surface area contributed by atoms with Crippen molar-refractivity contribution in [2.24, 2.45) is 5.41 Å². The molecular weight excluding hydrogens is 852 g/mol. The van der Waals surface area contributed by atoms with E-state index < -0.39 is 43.2 Å². The monoisotopic (exact) mass is 901 g/mol. The van der Waals surface area contributed by atoms with Crippen molar-refractivity contribution in [2.45, 2.75) is 70.1 Å². The van der Waals surface area contributed by atoms with Crippen molar-refractivity contribution >= 4 is 49.6 Å². The van der Waals surface area contributed by atoms with Crippen LogP contribution in [0.25, 0.3) is 16.6 Å². The summed E-state index contributed by atoms with van der Waals surface area (Å²) < 4.78 is 81.8. The van der Waals surface area contributed by atoms with Gasteiger partial charge in [0.05, 0.1) is 33.2 Å². The van der Waals surface area contributed by atoms with E-state index in [0.29, 0.717) is 62.8 Å². The van der Waals surface area contributed by atoms with Crippen LogP contribution in [0, 0.1) is 22.5 Å². The number of amides is 1. The van der Waals surface area contributed by atoms with Crippen LogP contribution in [0.1, 0.15) is 73.0 Å². The third kappa shape index (κ3) is 10.0. The Labute approximate surface area is 369 Å². The predicted molar refractivity (Wildman–Crippen MR) is 237 cm³/mol. The Balaban J connectivity index is 1.01. The fraction of sp³-hybridized carbons (Fsp3) is 0.391. The molecule has 0 spiro atoms. The summed E-state index contributed by atoms with van der Waals surface area (Å²) in [6.07, 6.45) is 2.96. The van der Waals surface area contributed by atoms with Gasteiger partial charge in [-0.05, 0) is 110 Å². The van der Waals surface area contributed by atoms with Gasteiger partial charge in [-0.2, -0.15) is 13.2 Å². The number of aromatic amines is 1. The number of allylic oxidation sites excluding steroid dienone is 1. The van der Waals surface area contributed by atoms with Gasteiger partial charge in [0.15, 0.2) is 0 Å². The standard InChI is InChI=1S/C46H50F3N7O7S/c1-29-21-32(46(47,48)49)6-9-37(29)39-25-45(2,3)14-12-31(39)28-54-16-18-55(19-17-54)33-7-10-38(42(23-33)63-35-22-30-13-15-50-43(30)52-27-35)44(57)53-64(60,61)36-8-11-40(41(24-36)56(58)59)51-26-34-5-4-20-62-34/h6-11,13,15,21-24,27,34,51H,4-5,12,14,16-20,25-26,28H2,1-3H3,(H,50,52)(H,53,57). The summed E-state index contributed by atoms with van der Waals surface area (Å²) in [5.41, 5.74) is 4.10. The Hall–Kier alpha value is -5.98. The van der Waals surface area contributed by atoms with Gasteiger partial charge < -0.3 is 24.7 Å². The quantitative estimate of drug-likeness (QED) is 0.0761. The molecule has 2 aromatic heterocycles. The van der Waals surface area contributed by atoms with Crippen LogP contribution in [0.15, 0.2) is 89.6 Å². The molecule has 0 saturated carbocycles. The first kappa shape index (κ1) is 44.6. The van der Waals surface area contributed by atoms with E-state index in [0.717, 1.165) is 60.4 Å². The number of sulfonamides is 1. The van der Waals surface area contributed by atoms with Crippen LogP contribution in [0.3, 0.4) is 0 Å². The molecule has 2 aliphatic heterocycles. The third-order valence-electron chi connectivity index (χ3n) is 12.3. The number of H-pyrrole nitrogens is 1. The highest BCUT2D eigenvalue weighted by molar-refractivity contribution is 7.90. The highest BCUT2D eigenvalue weighted by Crippen LogP contribution is 2.45. The first-order valence-electron chi connectivity index (χ1n) is 21.2. The van der Waals surface area contributed by atoms with Crippen molar-refractivity contribution in [3.05, 3.63) is 117 Å². The number of carbonyl (C=O) groups excluding carboxylic acids is 1. The number of anilines is 2. The fourth-order valence-electron chi connectivity index (χ4n) is 8.73. The van der Waals surface area contributed by atoms with E-state index in [1.165, 1.54) is 42.1 Å². The first-order chi connectivity index (χ1) is 30.4. The second-order valence-corrected chi connectivity index (χ2v) is 19.2. The van der Waals surface area contributed by atoms with Crippen LogP contribution in [-0.2, 0) is 20.9 Å². The molecule has 64 heavy (non-hydrogen) atoms. The second kappa shape index (κ2) is 17.9. The van der Waals surface area contributed by atoms with Gasteiger partial charge >= 0.3 is 6.18 Å². The minimum atomic E-state index is -4.60. The maximum atomic E-state index is 13.9. The number of fused-ring (bicyclic) bond motifs is 1. The lowest BCUT2D eigenvalue weighted by atomic mass is 9.72. The normalized spacial score (nSPS) is 18.3. The lowest BCUT2D eigenvalue weighted by molar-refractivity contribution is -0.384. The number of aromatic nitrogens is 2. The highest BCUT2D eigenvalue weighted by Gasteiger charge is 2.34. The van der Waals surface area contributed by atoms with E-state index in [1.807, 2.05) is 6.07 Å². The van der Waals surface area contributed by atoms with Gasteiger partial charge in [-0.15, -0.1) is 0 Å². The van der Waals surface area contributed by atoms with Crippen molar-refractivity contribution in [1.29, 1.82) is 0 Å². The molecule has 18 heteroatoms. The lowest BCUT2D eigenvalue weighted by Crippen LogP contribution is -2.47. The Bertz CT molecular complexity index is 2720. The van der Waals surface area contributed by atoms with E-state index in [-0.39, 0.29) is 28.5 Å². The number of benzene rings is 3. The average molecular weight is 902 g/mol. The molecule has 3 aliphatic rings. The van der Waals surface area contributed by atoms with Gasteiger partial charge in [0, 0.05) is 75.3 Å². The molecule has 2 saturated heterocycles. The number of pyridine rings is 1. The van der Waals surface area contributed by atoms with Crippen molar-refractivity contribution < 1.29 is 40.8 Å². The van der Waals surface area contributed by atoms with Gasteiger partial charge in [-0.25, -0.2) is 18.1 Å². The van der Waals surface area contributed by atoms with E-state index >= 15 is 0 Å². The molecule has 14 nitrogen and oxygen atoms in total. The lowest BCUT2D eigenvalue weighted by Gasteiger charge is -2.39. The summed E-state index contributed by atoms with van der Waals surface area (Å²) in [6.45, 7) is 10.3. The number of halogens is 3. The number of piperazine rings is 1. The molecule has 3 aromatic carbocycles. The zero-order chi connectivity index (χ0) is 45.4. The number of ether oxygens (including phenoxy) is 2. The Morgan fingerprint density at radius 2 is 1.86 bits per heavy atom. The number of nitro benzene ring substituents is 1. The molecule has 8 rings (SSSR count). The fourth-order valence-corrected chi connectivity index (χ4v) is 9.72. The van der Waals surface area contributed by atoms with Crippen LogP contribution < -0.4 is 19.7 Å². The van der Waals surface area contributed by atoms with Crippen LogP contribution in [0.4, 0.5) is 30.2 Å². The molecule has 3 N–H and O–H groups in total. The molecule has 5 aromatic rings. The molecule has 1 amide bonds. The largest absolute Gasteiger partial charge is 0.455 e. The number of hydrogen-bond acceptors (Lipinski definition) is 11. The van der Waals surface area contributed by atoms with Gasteiger partial charge in [-0.1, -0.05) is 25.5 Å². The second-order valence-electron chi connectivity index (χ2n) is 17.5. The number of nitrogens with one attached hydrogen (secondary N) is 3. The smallest absolute Gasteiger partial charge is 0.416 e. The summed E-state index contributed by atoms with van der Waals surface area (Å²) in [4.78, 5) is 36.7. The first-order valence-corrected chi connectivity index (χ1v) is 22.7. The topological polar surface area (TPSA) is 172 Å². The number of nitro groups is 1. The highest BCUT2D eigenvalue weighted by atomic mass is 32.2. The van der Waals surface area contributed by atoms with E-state index in [9.17, 15) is 36.5 Å². The Morgan fingerprint density at radius 1 is 1.06 bits per heavy atom. The minimum Gasteiger partial charge on any atom is -0.455 e. The number of aryl methyl sites for hydroxylation is 1. The van der Waals surface area contributed by atoms with Crippen LogP contribution in [0.2, 0.25) is 0 Å². The molecular formula is C46H50F3N7O7S. The van der Waals surface area contributed by atoms with Gasteiger partial charge in [-0.3, -0.25) is 19.8 Å². The maximum Gasteiger partial charge on any atom is 0.416 e. The van der Waals surface area contributed by atoms with Gasteiger partial charge in [0.25, 0.3) is 21.6 Å². The summed E-state index contributed by atoms with van der Waals surface area (Å²) in [6, 6.07) is 15.9. The Kier molecular flexibility index (Phi) is 12.5. The maximum absolute atomic E-state index is 13.9. The SMILES string of the molecule is Cc1cc(C(F)(F)F)ccc1C1=C(CN2CCN(c3ccc(C(=O)NS(=O)(=O)c4ccc(NCC5CCCO5)c([N+](=O)[O-])c4)c(Oc4cnc5[nH]ccc5c4)c3)CC2)CCC(C)(C)C1. The van der Waals surface area contributed by atoms with Crippen molar-refractivity contribution in [3.8, 4) is 11.5 Å². The van der Waals surface area contributed by atoms with Crippen LogP contribution in [0.5, 0.6) is 11.5 Å². The number of rotatable bonds is 13. The molecule has 0 radical (unpaired) electrons. The number of hydrogen-bond donors (Lipinski definition) is 3. The summed E-state index contributed by atoms with van der Waals surface area (Å²) in [5.74, 6) is -0.639. The predicted octanol–water partition coefficient (Wildman–Crippen LogP) is 9.09. The Morgan fingerprint density at radius 3 is 2.58 bits per heavy atom. The molecule has 2 fully saturated rings. The minimum absolute atomic E-state index is 0.0115. The van der Waals surface area contributed by atoms with E-state index in [1.54, 1.807) is 37.4 Å². The van der Waals surface area contributed by atoms with Crippen LogP contribution >= 0.6 is 0 Å². The number of nitrogens with zero attached hydrogens (tertiary/aromatic N) is 4. The summed E-state index contributed by atoms with van der Waals surface area (Å²) in [7, 11) is -4.60. The van der Waals surface area contributed by atoms with Gasteiger partial charge in [0.1, 0.15) is 22.8 Å². The van der Waals surface area contributed by atoms with Crippen LogP contribution in [-0.4, -0.2) is 86.1 Å². The zero-order valence-corrected chi connectivity index (χ0v) is 36.6.